The van der Waals surface area contributed by atoms with E-state index in [9.17, 15) is 4.39 Å². The molecule has 0 spiro atoms. The van der Waals surface area contributed by atoms with Crippen molar-refractivity contribution in [2.24, 2.45) is 0 Å². The molecule has 0 unspecified atom stereocenters. The van der Waals surface area contributed by atoms with Crippen molar-refractivity contribution in [2.75, 3.05) is 5.32 Å². The lowest BCUT2D eigenvalue weighted by Crippen LogP contribution is -2.01. The summed E-state index contributed by atoms with van der Waals surface area (Å²) in [5, 5.41) is 7.42. The SMILES string of the molecule is CC(C)n1cc(CNc2ccc(Br)c(F)c2)cn1. The molecule has 0 atom stereocenters. The van der Waals surface area contributed by atoms with Gasteiger partial charge in [0.15, 0.2) is 0 Å². The van der Waals surface area contributed by atoms with E-state index in [1.165, 1.54) is 6.07 Å². The maximum Gasteiger partial charge on any atom is 0.139 e. The van der Waals surface area contributed by atoms with Crippen molar-refractivity contribution in [3.8, 4) is 0 Å². The normalized spacial score (nSPS) is 10.9. The fraction of sp³-hybridized carbons (Fsp3) is 0.308. The van der Waals surface area contributed by atoms with Crippen LogP contribution in [0.1, 0.15) is 25.5 Å². The summed E-state index contributed by atoms with van der Waals surface area (Å²) in [4.78, 5) is 0. The van der Waals surface area contributed by atoms with Crippen molar-refractivity contribution < 1.29 is 4.39 Å². The topological polar surface area (TPSA) is 29.9 Å². The number of anilines is 1. The van der Waals surface area contributed by atoms with Crippen LogP contribution in [0.5, 0.6) is 0 Å². The van der Waals surface area contributed by atoms with Gasteiger partial charge in [0, 0.05) is 30.0 Å². The van der Waals surface area contributed by atoms with E-state index >= 15 is 0 Å². The average molecular weight is 312 g/mol. The van der Waals surface area contributed by atoms with Crippen molar-refractivity contribution in [1.82, 2.24) is 9.78 Å². The van der Waals surface area contributed by atoms with Gasteiger partial charge in [-0.2, -0.15) is 5.10 Å². The fourth-order valence-corrected chi connectivity index (χ4v) is 1.81. The van der Waals surface area contributed by atoms with Gasteiger partial charge in [0.25, 0.3) is 0 Å². The minimum Gasteiger partial charge on any atom is -0.381 e. The quantitative estimate of drug-likeness (QED) is 0.925. The van der Waals surface area contributed by atoms with Crippen LogP contribution in [0.3, 0.4) is 0 Å². The number of benzene rings is 1. The third-order valence-corrected chi connectivity index (χ3v) is 3.24. The van der Waals surface area contributed by atoms with Gasteiger partial charge in [-0.3, -0.25) is 4.68 Å². The summed E-state index contributed by atoms with van der Waals surface area (Å²) < 4.78 is 15.7. The molecule has 3 nitrogen and oxygen atoms in total. The maximum absolute atomic E-state index is 13.3. The Balaban J connectivity index is 2.00. The Hall–Kier alpha value is -1.36. The summed E-state index contributed by atoms with van der Waals surface area (Å²) in [7, 11) is 0. The predicted molar refractivity (Wildman–Crippen MR) is 74.0 cm³/mol. The number of halogens is 2. The van der Waals surface area contributed by atoms with Gasteiger partial charge in [-0.1, -0.05) is 0 Å². The standard InChI is InChI=1S/C13H15BrFN3/c1-9(2)18-8-10(7-17-18)6-16-11-3-4-12(14)13(15)5-11/h3-5,7-9,16H,6H2,1-2H3. The smallest absolute Gasteiger partial charge is 0.139 e. The third kappa shape index (κ3) is 3.10. The van der Waals surface area contributed by atoms with Gasteiger partial charge in [-0.15, -0.1) is 0 Å². The first kappa shape index (κ1) is 13.1. The molecule has 0 aliphatic rings. The zero-order valence-corrected chi connectivity index (χ0v) is 11.9. The molecule has 1 aromatic carbocycles. The van der Waals surface area contributed by atoms with E-state index in [1.807, 2.05) is 23.1 Å². The summed E-state index contributed by atoms with van der Waals surface area (Å²) in [5.74, 6) is -0.266. The molecular formula is C13H15BrFN3. The van der Waals surface area contributed by atoms with Gasteiger partial charge < -0.3 is 5.32 Å². The van der Waals surface area contributed by atoms with Gasteiger partial charge in [0.2, 0.25) is 0 Å². The van der Waals surface area contributed by atoms with Crippen molar-refractivity contribution in [1.29, 1.82) is 0 Å². The lowest BCUT2D eigenvalue weighted by atomic mass is 10.3. The van der Waals surface area contributed by atoms with Crippen molar-refractivity contribution >= 4 is 21.6 Å². The number of hydrogen-bond donors (Lipinski definition) is 1. The summed E-state index contributed by atoms with van der Waals surface area (Å²) >= 11 is 3.13. The van der Waals surface area contributed by atoms with Gasteiger partial charge in [-0.05, 0) is 48.0 Å². The molecule has 96 valence electrons. The second kappa shape index (κ2) is 5.52. The fourth-order valence-electron chi connectivity index (χ4n) is 1.56. The van der Waals surface area contributed by atoms with Crippen LogP contribution in [-0.2, 0) is 6.54 Å². The molecule has 2 rings (SSSR count). The number of nitrogens with zero attached hydrogens (tertiary/aromatic N) is 2. The highest BCUT2D eigenvalue weighted by atomic mass is 79.9. The summed E-state index contributed by atoms with van der Waals surface area (Å²) in [5.41, 5.74) is 1.83. The Morgan fingerprint density at radius 3 is 2.83 bits per heavy atom. The zero-order chi connectivity index (χ0) is 13.1. The van der Waals surface area contributed by atoms with Crippen LogP contribution in [0.4, 0.5) is 10.1 Å². The highest BCUT2D eigenvalue weighted by Gasteiger charge is 2.03. The molecule has 1 heterocycles. The van der Waals surface area contributed by atoms with Crippen LogP contribution in [-0.4, -0.2) is 9.78 Å². The summed E-state index contributed by atoms with van der Waals surface area (Å²) in [6.07, 6.45) is 3.81. The molecule has 0 bridgehead atoms. The van der Waals surface area contributed by atoms with Gasteiger partial charge in [-0.25, -0.2) is 4.39 Å². The van der Waals surface area contributed by atoms with E-state index < -0.39 is 0 Å². The van der Waals surface area contributed by atoms with Gasteiger partial charge in [0.1, 0.15) is 5.82 Å². The second-order valence-corrected chi connectivity index (χ2v) is 5.26. The Bertz CT molecular complexity index is 537. The van der Waals surface area contributed by atoms with Gasteiger partial charge >= 0.3 is 0 Å². The minimum absolute atomic E-state index is 0.266. The Labute approximate surface area is 114 Å². The van der Waals surface area contributed by atoms with Crippen LogP contribution in [0.25, 0.3) is 0 Å². The Kier molecular flexibility index (Phi) is 4.01. The van der Waals surface area contributed by atoms with Gasteiger partial charge in [0.05, 0.1) is 10.7 Å². The highest BCUT2D eigenvalue weighted by molar-refractivity contribution is 9.10. The minimum atomic E-state index is -0.266. The Morgan fingerprint density at radius 1 is 1.44 bits per heavy atom. The molecule has 5 heteroatoms. The van der Waals surface area contributed by atoms with Crippen LogP contribution in [0, 0.1) is 5.82 Å². The van der Waals surface area contributed by atoms with E-state index in [1.54, 1.807) is 6.07 Å². The second-order valence-electron chi connectivity index (χ2n) is 4.40. The van der Waals surface area contributed by atoms with Crippen molar-refractivity contribution in [3.63, 3.8) is 0 Å². The summed E-state index contributed by atoms with van der Waals surface area (Å²) in [6, 6.07) is 5.34. The molecule has 0 saturated heterocycles. The monoisotopic (exact) mass is 311 g/mol. The molecule has 1 aromatic heterocycles. The van der Waals surface area contributed by atoms with E-state index in [0.29, 0.717) is 17.1 Å². The largest absolute Gasteiger partial charge is 0.381 e. The molecule has 0 radical (unpaired) electrons. The molecule has 18 heavy (non-hydrogen) atoms. The number of rotatable bonds is 4. The van der Waals surface area contributed by atoms with Crippen LogP contribution >= 0.6 is 15.9 Å². The molecule has 0 aliphatic carbocycles. The number of aromatic nitrogens is 2. The lowest BCUT2D eigenvalue weighted by Gasteiger charge is -2.06. The first-order chi connectivity index (χ1) is 8.56. The number of hydrogen-bond acceptors (Lipinski definition) is 2. The van der Waals surface area contributed by atoms with E-state index in [-0.39, 0.29) is 5.82 Å². The maximum atomic E-state index is 13.3. The lowest BCUT2D eigenvalue weighted by molar-refractivity contribution is 0.532. The molecule has 0 amide bonds. The highest BCUT2D eigenvalue weighted by Crippen LogP contribution is 2.19. The third-order valence-electron chi connectivity index (χ3n) is 2.60. The molecule has 0 aliphatic heterocycles. The zero-order valence-electron chi connectivity index (χ0n) is 10.3. The molecular weight excluding hydrogens is 297 g/mol. The van der Waals surface area contributed by atoms with Crippen LogP contribution < -0.4 is 5.32 Å². The first-order valence-corrected chi connectivity index (χ1v) is 6.57. The molecule has 2 aromatic rings. The van der Waals surface area contributed by atoms with Crippen LogP contribution in [0.15, 0.2) is 35.1 Å². The Morgan fingerprint density at radius 2 is 2.22 bits per heavy atom. The van der Waals surface area contributed by atoms with E-state index in [0.717, 1.165) is 11.3 Å². The van der Waals surface area contributed by atoms with Crippen LogP contribution in [0.2, 0.25) is 0 Å². The molecule has 0 fully saturated rings. The first-order valence-electron chi connectivity index (χ1n) is 5.78. The predicted octanol–water partition coefficient (Wildman–Crippen LogP) is 3.98. The molecule has 1 N–H and O–H groups in total. The average Bonchev–Trinajstić information content (AvgIpc) is 2.79. The summed E-state index contributed by atoms with van der Waals surface area (Å²) in [6.45, 7) is 4.79. The van der Waals surface area contributed by atoms with E-state index in [2.05, 4.69) is 40.2 Å². The molecule has 0 saturated carbocycles. The van der Waals surface area contributed by atoms with E-state index in [4.69, 9.17) is 0 Å². The number of nitrogens with one attached hydrogen (secondary N) is 1. The van der Waals surface area contributed by atoms with Crippen molar-refractivity contribution in [3.05, 3.63) is 46.4 Å². The van der Waals surface area contributed by atoms with Crippen molar-refractivity contribution in [2.45, 2.75) is 26.4 Å².